The van der Waals surface area contributed by atoms with Crippen LogP contribution < -0.4 is 16.4 Å². The van der Waals surface area contributed by atoms with E-state index in [1.165, 1.54) is 4.90 Å². The van der Waals surface area contributed by atoms with E-state index < -0.39 is 35.8 Å². The number of carboxylic acids is 1. The molecule has 0 aromatic heterocycles. The Balaban J connectivity index is 2.77. The molecule has 1 fully saturated rings. The predicted octanol–water partition coefficient (Wildman–Crippen LogP) is -1.33. The van der Waals surface area contributed by atoms with Gasteiger partial charge in [0.1, 0.15) is 12.1 Å². The van der Waals surface area contributed by atoms with Gasteiger partial charge in [0.25, 0.3) is 0 Å². The van der Waals surface area contributed by atoms with Gasteiger partial charge in [-0.25, -0.2) is 4.79 Å². The number of hydrogen-bond acceptors (Lipinski definition) is 5. The molecule has 3 atom stereocenters. The van der Waals surface area contributed by atoms with E-state index in [2.05, 4.69) is 10.6 Å². The van der Waals surface area contributed by atoms with E-state index >= 15 is 0 Å². The second kappa shape index (κ2) is 9.21. The predicted molar refractivity (Wildman–Crippen MR) is 85.8 cm³/mol. The lowest BCUT2D eigenvalue weighted by molar-refractivity contribution is -0.150. The summed E-state index contributed by atoms with van der Waals surface area (Å²) in [4.78, 5) is 48.4. The molecule has 24 heavy (non-hydrogen) atoms. The molecule has 3 amide bonds. The van der Waals surface area contributed by atoms with Crippen molar-refractivity contribution in [3.63, 3.8) is 0 Å². The van der Waals surface area contributed by atoms with Crippen LogP contribution in [-0.4, -0.2) is 65.4 Å². The van der Waals surface area contributed by atoms with Crippen LogP contribution in [0.5, 0.6) is 0 Å². The number of hydrogen-bond donors (Lipinski definition) is 4. The molecule has 0 aromatic rings. The standard InChI is InChI=1S/C15H26N4O5/c1-3-9(2)13(18-12(21)8-17-11(20)7-16)14(22)19-6-4-5-10(19)15(23)24/h9-10,13H,3-8,16H2,1-2H3,(H,17,20)(H,18,21)(H,23,24). The minimum atomic E-state index is -1.04. The molecule has 1 heterocycles. The number of carboxylic acid groups (broad SMARTS) is 1. The summed E-state index contributed by atoms with van der Waals surface area (Å²) in [6.07, 6.45) is 1.67. The first-order valence-electron chi connectivity index (χ1n) is 8.11. The van der Waals surface area contributed by atoms with Crippen molar-refractivity contribution in [2.75, 3.05) is 19.6 Å². The number of nitrogens with zero attached hydrogens (tertiary/aromatic N) is 1. The second-order valence-corrected chi connectivity index (χ2v) is 5.94. The van der Waals surface area contributed by atoms with E-state index in [0.717, 1.165) is 0 Å². The fraction of sp³-hybridized carbons (Fsp3) is 0.733. The van der Waals surface area contributed by atoms with Crippen molar-refractivity contribution < 1.29 is 24.3 Å². The Labute approximate surface area is 140 Å². The molecule has 5 N–H and O–H groups in total. The summed E-state index contributed by atoms with van der Waals surface area (Å²) in [5.41, 5.74) is 5.14. The maximum Gasteiger partial charge on any atom is 0.326 e. The molecule has 0 spiro atoms. The SMILES string of the molecule is CCC(C)C(NC(=O)CNC(=O)CN)C(=O)N1CCCC1C(=O)O. The highest BCUT2D eigenvalue weighted by molar-refractivity contribution is 5.92. The van der Waals surface area contributed by atoms with Crippen LogP contribution in [0.4, 0.5) is 0 Å². The number of nitrogens with one attached hydrogen (secondary N) is 2. The quantitative estimate of drug-likeness (QED) is 0.430. The fourth-order valence-electron chi connectivity index (χ4n) is 2.62. The van der Waals surface area contributed by atoms with Gasteiger partial charge in [-0.3, -0.25) is 14.4 Å². The maximum atomic E-state index is 12.7. The molecule has 9 heteroatoms. The van der Waals surface area contributed by atoms with Crippen LogP contribution in [0.3, 0.4) is 0 Å². The average molecular weight is 342 g/mol. The number of rotatable bonds is 8. The van der Waals surface area contributed by atoms with Crippen molar-refractivity contribution in [3.05, 3.63) is 0 Å². The van der Waals surface area contributed by atoms with Gasteiger partial charge in [0.05, 0.1) is 13.1 Å². The van der Waals surface area contributed by atoms with Crippen molar-refractivity contribution in [2.24, 2.45) is 11.7 Å². The average Bonchev–Trinajstić information content (AvgIpc) is 3.06. The van der Waals surface area contributed by atoms with Crippen molar-refractivity contribution in [2.45, 2.75) is 45.2 Å². The van der Waals surface area contributed by atoms with Crippen LogP contribution in [-0.2, 0) is 19.2 Å². The molecule has 0 aromatic carbocycles. The van der Waals surface area contributed by atoms with Gasteiger partial charge < -0.3 is 26.4 Å². The third kappa shape index (κ3) is 5.19. The van der Waals surface area contributed by atoms with Crippen molar-refractivity contribution in [1.29, 1.82) is 0 Å². The summed E-state index contributed by atoms with van der Waals surface area (Å²) in [6, 6.07) is -1.67. The molecular formula is C15H26N4O5. The minimum Gasteiger partial charge on any atom is -0.480 e. The number of carbonyl (C=O) groups excluding carboxylic acids is 3. The molecule has 1 aliphatic rings. The summed E-state index contributed by atoms with van der Waals surface area (Å²) in [5, 5.41) is 14.2. The summed E-state index contributed by atoms with van der Waals surface area (Å²) in [6.45, 7) is 3.55. The molecule has 1 aliphatic heterocycles. The van der Waals surface area contributed by atoms with Gasteiger partial charge in [0.15, 0.2) is 0 Å². The van der Waals surface area contributed by atoms with Crippen LogP contribution in [0.1, 0.15) is 33.1 Å². The molecule has 0 bridgehead atoms. The highest BCUT2D eigenvalue weighted by Gasteiger charge is 2.39. The van der Waals surface area contributed by atoms with Gasteiger partial charge in [0, 0.05) is 6.54 Å². The summed E-state index contributed by atoms with van der Waals surface area (Å²) in [5.74, 6) is -2.58. The first-order chi connectivity index (χ1) is 11.3. The van der Waals surface area contributed by atoms with Gasteiger partial charge in [-0.1, -0.05) is 20.3 Å². The number of carbonyl (C=O) groups is 4. The Morgan fingerprint density at radius 3 is 2.50 bits per heavy atom. The van der Waals surface area contributed by atoms with Gasteiger partial charge >= 0.3 is 5.97 Å². The molecular weight excluding hydrogens is 316 g/mol. The third-order valence-electron chi connectivity index (χ3n) is 4.25. The number of aliphatic carboxylic acids is 1. The topological polar surface area (TPSA) is 142 Å². The Bertz CT molecular complexity index is 496. The Kier molecular flexibility index (Phi) is 7.63. The van der Waals surface area contributed by atoms with Gasteiger partial charge in [-0.05, 0) is 18.8 Å². The molecule has 0 radical (unpaired) electrons. The zero-order valence-electron chi connectivity index (χ0n) is 14.1. The number of amides is 3. The molecule has 3 unspecified atom stereocenters. The molecule has 1 saturated heterocycles. The smallest absolute Gasteiger partial charge is 0.326 e. The second-order valence-electron chi connectivity index (χ2n) is 5.94. The van der Waals surface area contributed by atoms with Gasteiger partial charge in [-0.15, -0.1) is 0 Å². The summed E-state index contributed by atoms with van der Waals surface area (Å²) < 4.78 is 0. The van der Waals surface area contributed by atoms with Crippen LogP contribution in [0.15, 0.2) is 0 Å². The Morgan fingerprint density at radius 2 is 1.96 bits per heavy atom. The van der Waals surface area contributed by atoms with Crippen LogP contribution in [0.2, 0.25) is 0 Å². The highest BCUT2D eigenvalue weighted by atomic mass is 16.4. The van der Waals surface area contributed by atoms with E-state index in [9.17, 15) is 24.3 Å². The van der Waals surface area contributed by atoms with Crippen LogP contribution >= 0.6 is 0 Å². The van der Waals surface area contributed by atoms with E-state index in [1.807, 2.05) is 13.8 Å². The van der Waals surface area contributed by atoms with E-state index in [4.69, 9.17) is 5.73 Å². The molecule has 0 saturated carbocycles. The molecule has 1 rings (SSSR count). The van der Waals surface area contributed by atoms with Gasteiger partial charge in [0.2, 0.25) is 17.7 Å². The Hall–Kier alpha value is -2.16. The minimum absolute atomic E-state index is 0.165. The molecule has 0 aliphatic carbocycles. The number of nitrogens with two attached hydrogens (primary N) is 1. The lowest BCUT2D eigenvalue weighted by Gasteiger charge is -2.30. The number of likely N-dealkylation sites (tertiary alicyclic amines) is 1. The van der Waals surface area contributed by atoms with Gasteiger partial charge in [-0.2, -0.15) is 0 Å². The highest BCUT2D eigenvalue weighted by Crippen LogP contribution is 2.21. The monoisotopic (exact) mass is 342 g/mol. The van der Waals surface area contributed by atoms with Crippen molar-refractivity contribution in [1.82, 2.24) is 15.5 Å². The van der Waals surface area contributed by atoms with Crippen molar-refractivity contribution in [3.8, 4) is 0 Å². The van der Waals surface area contributed by atoms with E-state index in [0.29, 0.717) is 25.8 Å². The zero-order chi connectivity index (χ0) is 18.3. The summed E-state index contributed by atoms with van der Waals surface area (Å²) in [7, 11) is 0. The molecule has 136 valence electrons. The molecule has 9 nitrogen and oxygen atoms in total. The Morgan fingerprint density at radius 1 is 1.29 bits per heavy atom. The first kappa shape index (κ1) is 19.9. The van der Waals surface area contributed by atoms with E-state index in [1.54, 1.807) is 0 Å². The fourth-order valence-corrected chi connectivity index (χ4v) is 2.62. The van der Waals surface area contributed by atoms with Crippen LogP contribution in [0, 0.1) is 5.92 Å². The lowest BCUT2D eigenvalue weighted by atomic mass is 9.97. The van der Waals surface area contributed by atoms with Crippen LogP contribution in [0.25, 0.3) is 0 Å². The lowest BCUT2D eigenvalue weighted by Crippen LogP contribution is -2.55. The normalized spacial score (nSPS) is 19.5. The zero-order valence-corrected chi connectivity index (χ0v) is 14.1. The largest absolute Gasteiger partial charge is 0.480 e. The van der Waals surface area contributed by atoms with Crippen molar-refractivity contribution >= 4 is 23.7 Å². The third-order valence-corrected chi connectivity index (χ3v) is 4.25. The van der Waals surface area contributed by atoms with E-state index in [-0.39, 0.29) is 19.0 Å². The first-order valence-corrected chi connectivity index (χ1v) is 8.11. The summed E-state index contributed by atoms with van der Waals surface area (Å²) >= 11 is 0. The maximum absolute atomic E-state index is 12.7.